The van der Waals surface area contributed by atoms with Gasteiger partial charge < -0.3 is 4.74 Å². The van der Waals surface area contributed by atoms with Crippen molar-refractivity contribution in [1.29, 1.82) is 0 Å². The van der Waals surface area contributed by atoms with Crippen LogP contribution in [0.5, 0.6) is 0 Å². The molecule has 15 heavy (non-hydrogen) atoms. The van der Waals surface area contributed by atoms with Gasteiger partial charge in [-0.15, -0.1) is 0 Å². The molecule has 0 spiro atoms. The average molecular weight is 232 g/mol. The van der Waals surface area contributed by atoms with Crippen LogP contribution < -0.4 is 0 Å². The first-order chi connectivity index (χ1) is 6.53. The molecule has 0 aromatic rings. The lowest BCUT2D eigenvalue weighted by Gasteiger charge is -2.17. The molecular formula is C8H9F5O2. The van der Waals surface area contributed by atoms with Gasteiger partial charge in [-0.3, -0.25) is 0 Å². The van der Waals surface area contributed by atoms with Crippen molar-refractivity contribution in [3.8, 4) is 0 Å². The topological polar surface area (TPSA) is 26.3 Å². The minimum absolute atomic E-state index is 0.304. The summed E-state index contributed by atoms with van der Waals surface area (Å²) in [5.41, 5.74) is -0.304. The predicted octanol–water partition coefficient (Wildman–Crippen LogP) is 3.04. The Labute approximate surface area is 82.7 Å². The first-order valence-corrected chi connectivity index (χ1v) is 3.87. The van der Waals surface area contributed by atoms with Gasteiger partial charge in [0, 0.05) is 5.57 Å². The Hall–Kier alpha value is -1.14. The molecule has 0 fully saturated rings. The van der Waals surface area contributed by atoms with Crippen molar-refractivity contribution in [2.75, 3.05) is 0 Å². The summed E-state index contributed by atoms with van der Waals surface area (Å²) >= 11 is 0. The number of hydrogen-bond acceptors (Lipinski definition) is 2. The van der Waals surface area contributed by atoms with Crippen molar-refractivity contribution in [3.63, 3.8) is 0 Å². The van der Waals surface area contributed by atoms with E-state index in [2.05, 4.69) is 11.3 Å². The van der Waals surface area contributed by atoms with E-state index in [-0.39, 0.29) is 5.57 Å². The summed E-state index contributed by atoms with van der Waals surface area (Å²) in [6.07, 6.45) is -12.1. The number of carbonyl (C=O) groups excluding carboxylic acids is 1. The maximum atomic E-state index is 12.6. The van der Waals surface area contributed by atoms with Gasteiger partial charge in [0.15, 0.2) is 0 Å². The molecule has 0 radical (unpaired) electrons. The maximum absolute atomic E-state index is 12.6. The maximum Gasteiger partial charge on any atom is 0.400 e. The fourth-order valence-corrected chi connectivity index (χ4v) is 0.561. The highest BCUT2D eigenvalue weighted by atomic mass is 19.4. The fraction of sp³-hybridized carbons (Fsp3) is 0.625. The molecule has 0 saturated carbocycles. The molecule has 0 aliphatic carbocycles. The van der Waals surface area contributed by atoms with E-state index in [1.54, 1.807) is 0 Å². The Balaban J connectivity index is 4.19. The van der Waals surface area contributed by atoms with Crippen molar-refractivity contribution in [2.45, 2.75) is 32.1 Å². The average Bonchev–Trinajstić information content (AvgIpc) is 1.99. The molecule has 0 saturated heterocycles. The molecule has 7 heteroatoms. The monoisotopic (exact) mass is 232 g/mol. The van der Waals surface area contributed by atoms with Crippen LogP contribution in [0.15, 0.2) is 12.2 Å². The van der Waals surface area contributed by atoms with Crippen molar-refractivity contribution in [1.82, 2.24) is 0 Å². The van der Waals surface area contributed by atoms with Crippen LogP contribution in [-0.4, -0.2) is 18.3 Å². The zero-order chi connectivity index (χ0) is 12.3. The van der Waals surface area contributed by atoms with Gasteiger partial charge in [0.1, 0.15) is 0 Å². The van der Waals surface area contributed by atoms with Crippen LogP contribution in [-0.2, 0) is 9.53 Å². The molecule has 0 aromatic heterocycles. The molecule has 0 bridgehead atoms. The SMILES string of the molecule is C=C(C)C(=O)OC(F)(F)CCC(F)(F)F. The predicted molar refractivity (Wildman–Crippen MR) is 41.1 cm³/mol. The molecule has 0 aromatic carbocycles. The Morgan fingerprint density at radius 3 is 2.00 bits per heavy atom. The van der Waals surface area contributed by atoms with Crippen LogP contribution >= 0.6 is 0 Å². The number of alkyl halides is 5. The third-order valence-corrected chi connectivity index (χ3v) is 1.29. The highest BCUT2D eigenvalue weighted by Gasteiger charge is 2.39. The summed E-state index contributed by atoms with van der Waals surface area (Å²) in [5, 5.41) is 0. The molecule has 0 rings (SSSR count). The number of esters is 1. The van der Waals surface area contributed by atoms with Gasteiger partial charge in [0.2, 0.25) is 0 Å². The van der Waals surface area contributed by atoms with Crippen molar-refractivity contribution < 1.29 is 31.5 Å². The quantitative estimate of drug-likeness (QED) is 0.423. The molecular weight excluding hydrogens is 223 g/mol. The lowest BCUT2D eigenvalue weighted by Crippen LogP contribution is -2.27. The van der Waals surface area contributed by atoms with Crippen LogP contribution in [0, 0.1) is 0 Å². The van der Waals surface area contributed by atoms with Crippen LogP contribution in [0.25, 0.3) is 0 Å². The van der Waals surface area contributed by atoms with Gasteiger partial charge >= 0.3 is 18.3 Å². The third-order valence-electron chi connectivity index (χ3n) is 1.29. The van der Waals surface area contributed by atoms with Gasteiger partial charge in [-0.05, 0) is 6.92 Å². The molecule has 0 atom stereocenters. The summed E-state index contributed by atoms with van der Waals surface area (Å²) in [7, 11) is 0. The number of halogens is 5. The molecule has 0 N–H and O–H groups in total. The van der Waals surface area contributed by atoms with E-state index in [4.69, 9.17) is 0 Å². The Bertz CT molecular complexity index is 256. The third kappa shape index (κ3) is 6.87. The van der Waals surface area contributed by atoms with Crippen molar-refractivity contribution in [3.05, 3.63) is 12.2 Å². The number of hydrogen-bond donors (Lipinski definition) is 0. The van der Waals surface area contributed by atoms with E-state index in [1.165, 1.54) is 0 Å². The van der Waals surface area contributed by atoms with Crippen LogP contribution in [0.2, 0.25) is 0 Å². The van der Waals surface area contributed by atoms with E-state index in [9.17, 15) is 26.7 Å². The lowest BCUT2D eigenvalue weighted by molar-refractivity contribution is -0.245. The van der Waals surface area contributed by atoms with E-state index < -0.39 is 31.1 Å². The van der Waals surface area contributed by atoms with Gasteiger partial charge in [-0.2, -0.15) is 22.0 Å². The number of rotatable bonds is 4. The summed E-state index contributed by atoms with van der Waals surface area (Å²) in [5.74, 6) is -1.41. The molecule has 2 nitrogen and oxygen atoms in total. The molecule has 0 heterocycles. The Morgan fingerprint density at radius 2 is 1.67 bits per heavy atom. The lowest BCUT2D eigenvalue weighted by atomic mass is 10.3. The van der Waals surface area contributed by atoms with Gasteiger partial charge in [-0.1, -0.05) is 6.58 Å². The highest BCUT2D eigenvalue weighted by molar-refractivity contribution is 5.87. The van der Waals surface area contributed by atoms with Crippen molar-refractivity contribution in [2.24, 2.45) is 0 Å². The fourth-order valence-electron chi connectivity index (χ4n) is 0.561. The minimum atomic E-state index is -4.71. The van der Waals surface area contributed by atoms with Crippen LogP contribution in [0.1, 0.15) is 19.8 Å². The highest BCUT2D eigenvalue weighted by Crippen LogP contribution is 2.30. The Kier molecular flexibility index (Phi) is 4.24. The van der Waals surface area contributed by atoms with Gasteiger partial charge in [-0.25, -0.2) is 4.79 Å². The zero-order valence-electron chi connectivity index (χ0n) is 7.83. The van der Waals surface area contributed by atoms with Crippen LogP contribution in [0.3, 0.4) is 0 Å². The standard InChI is InChI=1S/C8H9F5O2/c1-5(2)6(14)15-8(12,13)4-3-7(9,10)11/h1,3-4H2,2H3. The Morgan fingerprint density at radius 1 is 1.20 bits per heavy atom. The second-order valence-electron chi connectivity index (χ2n) is 2.92. The van der Waals surface area contributed by atoms with Crippen molar-refractivity contribution >= 4 is 5.97 Å². The van der Waals surface area contributed by atoms with Gasteiger partial charge in [0.05, 0.1) is 12.8 Å². The number of carbonyl (C=O) groups is 1. The summed E-state index contributed by atoms with van der Waals surface area (Å²) in [6.45, 7) is 4.13. The van der Waals surface area contributed by atoms with E-state index >= 15 is 0 Å². The smallest absolute Gasteiger partial charge is 0.397 e. The first kappa shape index (κ1) is 13.9. The van der Waals surface area contributed by atoms with E-state index in [0.29, 0.717) is 0 Å². The normalized spacial score (nSPS) is 12.4. The molecule has 88 valence electrons. The number of ether oxygens (including phenoxy) is 1. The zero-order valence-corrected chi connectivity index (χ0v) is 7.83. The largest absolute Gasteiger partial charge is 0.400 e. The van der Waals surface area contributed by atoms with E-state index in [0.717, 1.165) is 6.92 Å². The van der Waals surface area contributed by atoms with Gasteiger partial charge in [0.25, 0.3) is 0 Å². The molecule has 0 aliphatic heterocycles. The second kappa shape index (κ2) is 4.59. The molecule has 0 aliphatic rings. The van der Waals surface area contributed by atoms with E-state index in [1.807, 2.05) is 0 Å². The summed E-state index contributed by atoms with van der Waals surface area (Å²) in [4.78, 5) is 10.6. The second-order valence-corrected chi connectivity index (χ2v) is 2.92. The molecule has 0 amide bonds. The first-order valence-electron chi connectivity index (χ1n) is 3.87. The van der Waals surface area contributed by atoms with Crippen LogP contribution in [0.4, 0.5) is 22.0 Å². The summed E-state index contributed by atoms with van der Waals surface area (Å²) in [6, 6.07) is 0. The minimum Gasteiger partial charge on any atom is -0.397 e. The molecule has 0 unspecified atom stereocenters. The summed E-state index contributed by atoms with van der Waals surface area (Å²) < 4.78 is 63.5.